The summed E-state index contributed by atoms with van der Waals surface area (Å²) in [6, 6.07) is 17.5. The minimum atomic E-state index is -0.104. The largest absolute Gasteiger partial charge is 0.352 e. The van der Waals surface area contributed by atoms with Crippen molar-refractivity contribution >= 4 is 51.9 Å². The van der Waals surface area contributed by atoms with Crippen LogP contribution >= 0.6 is 35.2 Å². The van der Waals surface area contributed by atoms with E-state index in [0.717, 1.165) is 32.6 Å². The number of thiophene rings is 1. The molecule has 31 heavy (non-hydrogen) atoms. The van der Waals surface area contributed by atoms with Crippen molar-refractivity contribution in [2.24, 2.45) is 0 Å². The molecule has 2 atom stereocenters. The first kappa shape index (κ1) is 21.7. The van der Waals surface area contributed by atoms with Gasteiger partial charge in [0, 0.05) is 29.7 Å². The quantitative estimate of drug-likeness (QED) is 0.455. The molecule has 0 spiro atoms. The van der Waals surface area contributed by atoms with E-state index >= 15 is 0 Å². The van der Waals surface area contributed by atoms with Crippen molar-refractivity contribution < 1.29 is 4.79 Å². The third-order valence-corrected chi connectivity index (χ3v) is 6.99. The van der Waals surface area contributed by atoms with Crippen LogP contribution in [-0.2, 0) is 11.2 Å². The molecule has 1 amide bonds. The number of aryl methyl sites for hydroxylation is 1. The average molecular weight is 471 g/mol. The minimum Gasteiger partial charge on any atom is -0.352 e. The molecule has 8 heteroatoms. The van der Waals surface area contributed by atoms with Gasteiger partial charge in [-0.2, -0.15) is 0 Å². The molecular weight excluding hydrogens is 448 g/mol. The lowest BCUT2D eigenvalue weighted by atomic mass is 10.0. The van der Waals surface area contributed by atoms with Crippen molar-refractivity contribution in [1.82, 2.24) is 15.2 Å². The fourth-order valence-corrected chi connectivity index (χ4v) is 5.37. The normalized spacial score (nSPS) is 18.1. The number of carbonyl (C=O) groups excluding carboxylic acids is 1. The molecule has 0 aliphatic carbocycles. The third-order valence-electron chi connectivity index (χ3n) is 5.34. The Bertz CT molecular complexity index is 1070. The van der Waals surface area contributed by atoms with Gasteiger partial charge in [-0.05, 0) is 54.5 Å². The number of halogens is 1. The van der Waals surface area contributed by atoms with Crippen LogP contribution in [0.5, 0.6) is 0 Å². The van der Waals surface area contributed by atoms with E-state index in [0.29, 0.717) is 18.1 Å². The molecule has 3 heterocycles. The summed E-state index contributed by atoms with van der Waals surface area (Å²) in [5, 5.41) is 7.06. The van der Waals surface area contributed by atoms with E-state index in [9.17, 15) is 4.79 Å². The zero-order chi connectivity index (χ0) is 21.8. The third kappa shape index (κ3) is 4.89. The molecule has 1 fully saturated rings. The maximum absolute atomic E-state index is 12.7. The molecule has 0 radical (unpaired) electrons. The van der Waals surface area contributed by atoms with Gasteiger partial charge in [0.05, 0.1) is 22.1 Å². The fourth-order valence-electron chi connectivity index (χ4n) is 3.83. The monoisotopic (exact) mass is 470 g/mol. The SMILES string of the molecule is CCc1ccccc1NC(=O)CCN1C(=S)N[C@@H](c2ccccn2)[C@H]1c1ccc(Cl)s1. The van der Waals surface area contributed by atoms with Crippen LogP contribution in [0.2, 0.25) is 4.34 Å². The van der Waals surface area contributed by atoms with Gasteiger partial charge in [0.15, 0.2) is 5.11 Å². The maximum atomic E-state index is 12.7. The Morgan fingerprint density at radius 3 is 2.74 bits per heavy atom. The molecule has 0 bridgehead atoms. The Labute approximate surface area is 196 Å². The highest BCUT2D eigenvalue weighted by Gasteiger charge is 2.40. The summed E-state index contributed by atoms with van der Waals surface area (Å²) in [6.07, 6.45) is 2.97. The molecule has 2 aromatic heterocycles. The maximum Gasteiger partial charge on any atom is 0.226 e. The Morgan fingerprint density at radius 2 is 2.03 bits per heavy atom. The van der Waals surface area contributed by atoms with Gasteiger partial charge in [-0.1, -0.05) is 42.8 Å². The van der Waals surface area contributed by atoms with Crippen molar-refractivity contribution in [2.45, 2.75) is 31.8 Å². The number of carbonyl (C=O) groups is 1. The lowest BCUT2D eigenvalue weighted by molar-refractivity contribution is -0.116. The first-order valence-electron chi connectivity index (χ1n) is 10.2. The van der Waals surface area contributed by atoms with Gasteiger partial charge in [0.1, 0.15) is 0 Å². The van der Waals surface area contributed by atoms with E-state index in [2.05, 4.69) is 27.4 Å². The van der Waals surface area contributed by atoms with Crippen LogP contribution < -0.4 is 10.6 Å². The number of rotatable bonds is 7. The van der Waals surface area contributed by atoms with E-state index in [4.69, 9.17) is 23.8 Å². The number of para-hydroxylation sites is 1. The van der Waals surface area contributed by atoms with Gasteiger partial charge < -0.3 is 15.5 Å². The molecule has 1 aliphatic rings. The second-order valence-electron chi connectivity index (χ2n) is 7.27. The number of hydrogen-bond acceptors (Lipinski definition) is 4. The lowest BCUT2D eigenvalue weighted by Gasteiger charge is -2.26. The molecule has 1 aromatic carbocycles. The van der Waals surface area contributed by atoms with Crippen LogP contribution in [0.15, 0.2) is 60.8 Å². The second-order valence-corrected chi connectivity index (χ2v) is 9.40. The molecule has 5 nitrogen and oxygen atoms in total. The van der Waals surface area contributed by atoms with Crippen LogP contribution in [0.4, 0.5) is 5.69 Å². The molecule has 0 unspecified atom stereocenters. The van der Waals surface area contributed by atoms with Gasteiger partial charge in [0.2, 0.25) is 5.91 Å². The number of nitrogens with zero attached hydrogens (tertiary/aromatic N) is 2. The summed E-state index contributed by atoms with van der Waals surface area (Å²) < 4.78 is 0.724. The van der Waals surface area contributed by atoms with Crippen LogP contribution in [0.3, 0.4) is 0 Å². The van der Waals surface area contributed by atoms with E-state index in [1.165, 1.54) is 11.3 Å². The van der Waals surface area contributed by atoms with Crippen LogP contribution in [0.25, 0.3) is 0 Å². The number of thiocarbonyl (C=S) groups is 1. The van der Waals surface area contributed by atoms with Crippen LogP contribution in [0, 0.1) is 0 Å². The summed E-state index contributed by atoms with van der Waals surface area (Å²) in [5.41, 5.74) is 2.89. The molecule has 2 N–H and O–H groups in total. The van der Waals surface area contributed by atoms with Gasteiger partial charge in [-0.15, -0.1) is 11.3 Å². The number of pyridine rings is 1. The molecule has 1 aliphatic heterocycles. The predicted molar refractivity (Wildman–Crippen MR) is 131 cm³/mol. The summed E-state index contributed by atoms with van der Waals surface area (Å²) in [6.45, 7) is 2.57. The van der Waals surface area contributed by atoms with Gasteiger partial charge >= 0.3 is 0 Å². The number of aromatic nitrogens is 1. The summed E-state index contributed by atoms with van der Waals surface area (Å²) in [4.78, 5) is 20.4. The van der Waals surface area contributed by atoms with Crippen LogP contribution in [-0.4, -0.2) is 27.4 Å². The molecule has 3 aromatic rings. The zero-order valence-electron chi connectivity index (χ0n) is 17.0. The van der Waals surface area contributed by atoms with E-state index < -0.39 is 0 Å². The highest BCUT2D eigenvalue weighted by Crippen LogP contribution is 2.42. The number of benzene rings is 1. The standard InChI is InChI=1S/C23H23ClN4OS2/c1-2-15-7-3-4-8-16(15)26-20(29)12-14-28-22(18-10-11-19(24)31-18)21(27-23(28)30)17-9-5-6-13-25-17/h3-11,13,21-22H,2,12,14H2,1H3,(H,26,29)(H,27,30)/t21-,22+/m0/s1. The molecule has 4 rings (SSSR count). The van der Waals surface area contributed by atoms with Crippen molar-refractivity contribution in [3.63, 3.8) is 0 Å². The Balaban J connectivity index is 1.52. The van der Waals surface area contributed by atoms with Crippen molar-refractivity contribution in [2.75, 3.05) is 11.9 Å². The zero-order valence-corrected chi connectivity index (χ0v) is 19.4. The Hall–Kier alpha value is -2.48. The Morgan fingerprint density at radius 1 is 1.23 bits per heavy atom. The van der Waals surface area contributed by atoms with E-state index in [-0.39, 0.29) is 18.0 Å². The van der Waals surface area contributed by atoms with E-state index in [1.54, 1.807) is 6.20 Å². The highest BCUT2D eigenvalue weighted by molar-refractivity contribution is 7.80. The van der Waals surface area contributed by atoms with Crippen molar-refractivity contribution in [3.8, 4) is 0 Å². The lowest BCUT2D eigenvalue weighted by Crippen LogP contribution is -2.32. The number of anilines is 1. The van der Waals surface area contributed by atoms with Crippen LogP contribution in [0.1, 0.15) is 41.6 Å². The smallest absolute Gasteiger partial charge is 0.226 e. The summed E-state index contributed by atoms with van der Waals surface area (Å²) in [7, 11) is 0. The van der Waals surface area contributed by atoms with Gasteiger partial charge in [0.25, 0.3) is 0 Å². The Kier molecular flexibility index (Phi) is 6.85. The highest BCUT2D eigenvalue weighted by atomic mass is 35.5. The second kappa shape index (κ2) is 9.77. The first-order chi connectivity index (χ1) is 15.1. The van der Waals surface area contributed by atoms with Gasteiger partial charge in [-0.3, -0.25) is 9.78 Å². The summed E-state index contributed by atoms with van der Waals surface area (Å²) in [5.74, 6) is -0.0343. The number of nitrogens with one attached hydrogen (secondary N) is 2. The fraction of sp³-hybridized carbons (Fsp3) is 0.261. The summed E-state index contributed by atoms with van der Waals surface area (Å²) >= 11 is 13.4. The predicted octanol–water partition coefficient (Wildman–Crippen LogP) is 5.36. The molecule has 0 saturated carbocycles. The molecule has 160 valence electrons. The van der Waals surface area contributed by atoms with Crippen molar-refractivity contribution in [3.05, 3.63) is 81.3 Å². The minimum absolute atomic E-state index is 0.0343. The topological polar surface area (TPSA) is 57.3 Å². The first-order valence-corrected chi connectivity index (χ1v) is 11.8. The number of hydrogen-bond donors (Lipinski definition) is 2. The number of amides is 1. The average Bonchev–Trinajstić information content (AvgIpc) is 3.35. The molecule has 1 saturated heterocycles. The van der Waals surface area contributed by atoms with E-state index in [1.807, 2.05) is 54.6 Å². The molecular formula is C23H23ClN4OS2. The van der Waals surface area contributed by atoms with Gasteiger partial charge in [-0.25, -0.2) is 0 Å². The van der Waals surface area contributed by atoms with Crippen molar-refractivity contribution in [1.29, 1.82) is 0 Å².